The molecule has 166 valence electrons. The fourth-order valence-corrected chi connectivity index (χ4v) is 5.45. The lowest BCUT2D eigenvalue weighted by atomic mass is 10.1. The van der Waals surface area contributed by atoms with E-state index in [1.54, 1.807) is 36.3 Å². The summed E-state index contributed by atoms with van der Waals surface area (Å²) in [6, 6.07) is 14.2. The number of benzene rings is 2. The van der Waals surface area contributed by atoms with Gasteiger partial charge in [0, 0.05) is 19.6 Å². The molecule has 2 aromatic rings. The molecule has 2 aromatic carbocycles. The number of amides is 2. The van der Waals surface area contributed by atoms with E-state index in [4.69, 9.17) is 9.47 Å². The number of hydrogen-bond acceptors (Lipinski definition) is 5. The molecule has 0 radical (unpaired) electrons. The first-order chi connectivity index (χ1) is 14.8. The number of carbonyl (C=O) groups excluding carboxylic acids is 1. The summed E-state index contributed by atoms with van der Waals surface area (Å²) in [6.07, 6.45) is -0.703. The molecule has 0 aliphatic carbocycles. The van der Waals surface area contributed by atoms with E-state index in [0.717, 1.165) is 16.9 Å². The topological polar surface area (TPSA) is 88.2 Å². The van der Waals surface area contributed by atoms with Crippen LogP contribution in [-0.2, 0) is 21.3 Å². The van der Waals surface area contributed by atoms with Gasteiger partial charge in [-0.15, -0.1) is 0 Å². The molecule has 0 spiro atoms. The van der Waals surface area contributed by atoms with E-state index in [0.29, 0.717) is 19.6 Å². The molecule has 2 heterocycles. The van der Waals surface area contributed by atoms with E-state index < -0.39 is 10.0 Å². The number of hydrogen-bond donors (Lipinski definition) is 1. The van der Waals surface area contributed by atoms with Crippen LogP contribution in [0.15, 0.2) is 53.4 Å². The largest absolute Gasteiger partial charge is 0.497 e. The van der Waals surface area contributed by atoms with Gasteiger partial charge in [-0.05, 0) is 36.8 Å². The maximum atomic E-state index is 13.0. The van der Waals surface area contributed by atoms with Gasteiger partial charge in [-0.25, -0.2) is 13.2 Å². The molecule has 31 heavy (non-hydrogen) atoms. The van der Waals surface area contributed by atoms with Gasteiger partial charge in [-0.1, -0.05) is 29.8 Å². The number of urea groups is 1. The maximum absolute atomic E-state index is 13.0. The molecule has 2 saturated heterocycles. The van der Waals surface area contributed by atoms with Crippen LogP contribution in [0.25, 0.3) is 0 Å². The number of aryl methyl sites for hydroxylation is 1. The van der Waals surface area contributed by atoms with E-state index in [1.165, 1.54) is 4.31 Å². The molecule has 2 atom stereocenters. The molecule has 0 saturated carbocycles. The predicted octanol–water partition coefficient (Wildman–Crippen LogP) is 1.99. The molecule has 8 nitrogen and oxygen atoms in total. The molecular formula is C22H27N3O5S. The van der Waals surface area contributed by atoms with Gasteiger partial charge in [0.25, 0.3) is 0 Å². The van der Waals surface area contributed by atoms with Gasteiger partial charge >= 0.3 is 6.03 Å². The van der Waals surface area contributed by atoms with Crippen molar-refractivity contribution in [1.29, 1.82) is 0 Å². The van der Waals surface area contributed by atoms with Crippen LogP contribution >= 0.6 is 0 Å². The Bertz CT molecular complexity index is 1030. The SMILES string of the molecule is COc1cccc(CNC(=O)N2C[C@@H]3CN(S(=O)(=O)c4ccc(C)cc4)C[C@H](C2)O3)c1. The molecule has 2 amide bonds. The number of nitrogens with zero attached hydrogens (tertiary/aromatic N) is 2. The second-order valence-corrected chi connectivity index (χ2v) is 9.87. The third kappa shape index (κ3) is 4.84. The second kappa shape index (κ2) is 8.86. The average molecular weight is 446 g/mol. The van der Waals surface area contributed by atoms with E-state index in [1.807, 2.05) is 31.2 Å². The Morgan fingerprint density at radius 1 is 1.10 bits per heavy atom. The van der Waals surface area contributed by atoms with Crippen molar-refractivity contribution in [2.45, 2.75) is 30.6 Å². The number of carbonyl (C=O) groups is 1. The van der Waals surface area contributed by atoms with Gasteiger partial charge in [-0.2, -0.15) is 4.31 Å². The Balaban J connectivity index is 1.37. The van der Waals surface area contributed by atoms with Crippen LogP contribution in [-0.4, -0.2) is 69.2 Å². The normalized spacial score (nSPS) is 21.5. The average Bonchev–Trinajstić information content (AvgIpc) is 2.77. The quantitative estimate of drug-likeness (QED) is 0.761. The molecular weight excluding hydrogens is 418 g/mol. The number of fused-ring (bicyclic) bond motifs is 2. The number of morpholine rings is 2. The molecule has 2 aliphatic heterocycles. The van der Waals surface area contributed by atoms with Crippen LogP contribution in [0.3, 0.4) is 0 Å². The predicted molar refractivity (Wildman–Crippen MR) is 115 cm³/mol. The summed E-state index contributed by atoms with van der Waals surface area (Å²) in [5, 5.41) is 2.93. The highest BCUT2D eigenvalue weighted by Crippen LogP contribution is 2.25. The van der Waals surface area contributed by atoms with Crippen molar-refractivity contribution >= 4 is 16.1 Å². The first-order valence-electron chi connectivity index (χ1n) is 10.2. The van der Waals surface area contributed by atoms with Crippen LogP contribution in [0.5, 0.6) is 5.75 Å². The van der Waals surface area contributed by atoms with E-state index in [2.05, 4.69) is 5.32 Å². The summed E-state index contributed by atoms with van der Waals surface area (Å²) in [7, 11) is -1.99. The minimum Gasteiger partial charge on any atom is -0.497 e. The van der Waals surface area contributed by atoms with E-state index in [-0.39, 0.29) is 36.2 Å². The Morgan fingerprint density at radius 3 is 2.42 bits per heavy atom. The minimum atomic E-state index is -3.59. The van der Waals surface area contributed by atoms with Gasteiger partial charge in [0.05, 0.1) is 37.3 Å². The number of methoxy groups -OCH3 is 1. The van der Waals surface area contributed by atoms with Crippen molar-refractivity contribution in [2.75, 3.05) is 33.3 Å². The van der Waals surface area contributed by atoms with Crippen LogP contribution < -0.4 is 10.1 Å². The monoisotopic (exact) mass is 445 g/mol. The van der Waals surface area contributed by atoms with Crippen LogP contribution in [0.4, 0.5) is 4.79 Å². The summed E-state index contributed by atoms with van der Waals surface area (Å²) >= 11 is 0. The first-order valence-corrected chi connectivity index (χ1v) is 11.7. The lowest BCUT2D eigenvalue weighted by Gasteiger charge is -2.45. The standard InChI is InChI=1S/C22H27N3O5S/c1-16-6-8-21(9-7-16)31(27,28)25-14-19-12-24(13-20(15-25)30-19)22(26)23-11-17-4-3-5-18(10-17)29-2/h3-10,19-20H,11-15H2,1-2H3,(H,23,26)/t19-,20+. The molecule has 0 unspecified atom stereocenters. The molecule has 2 aliphatic rings. The van der Waals surface area contributed by atoms with Gasteiger partial charge in [0.1, 0.15) is 5.75 Å². The van der Waals surface area contributed by atoms with Crippen LogP contribution in [0.2, 0.25) is 0 Å². The zero-order valence-corrected chi connectivity index (χ0v) is 18.5. The van der Waals surface area contributed by atoms with Crippen molar-refractivity contribution in [1.82, 2.24) is 14.5 Å². The highest BCUT2D eigenvalue weighted by atomic mass is 32.2. The number of rotatable bonds is 5. The highest BCUT2D eigenvalue weighted by Gasteiger charge is 2.41. The number of ether oxygens (including phenoxy) is 2. The van der Waals surface area contributed by atoms with Crippen molar-refractivity contribution in [3.8, 4) is 5.75 Å². The Morgan fingerprint density at radius 2 is 1.77 bits per heavy atom. The summed E-state index contributed by atoms with van der Waals surface area (Å²) in [4.78, 5) is 14.7. The van der Waals surface area contributed by atoms with E-state index in [9.17, 15) is 13.2 Å². The fourth-order valence-electron chi connectivity index (χ4n) is 3.95. The van der Waals surface area contributed by atoms with Gasteiger partial charge in [0.15, 0.2) is 0 Å². The van der Waals surface area contributed by atoms with Crippen molar-refractivity contribution in [3.63, 3.8) is 0 Å². The van der Waals surface area contributed by atoms with Crippen LogP contribution in [0.1, 0.15) is 11.1 Å². The zero-order valence-electron chi connectivity index (χ0n) is 17.7. The third-order valence-corrected chi connectivity index (χ3v) is 7.42. The molecule has 0 aromatic heterocycles. The van der Waals surface area contributed by atoms with Crippen molar-refractivity contribution < 1.29 is 22.7 Å². The van der Waals surface area contributed by atoms with Gasteiger partial charge in [-0.3, -0.25) is 0 Å². The highest BCUT2D eigenvalue weighted by molar-refractivity contribution is 7.89. The minimum absolute atomic E-state index is 0.184. The molecule has 2 bridgehead atoms. The lowest BCUT2D eigenvalue weighted by Crippen LogP contribution is -2.62. The fraction of sp³-hybridized carbons (Fsp3) is 0.409. The van der Waals surface area contributed by atoms with Crippen molar-refractivity contribution in [3.05, 3.63) is 59.7 Å². The second-order valence-electron chi connectivity index (χ2n) is 7.93. The summed E-state index contributed by atoms with van der Waals surface area (Å²) in [5.41, 5.74) is 1.95. The smallest absolute Gasteiger partial charge is 0.317 e. The van der Waals surface area contributed by atoms with Gasteiger partial charge in [0.2, 0.25) is 10.0 Å². The number of sulfonamides is 1. The molecule has 4 rings (SSSR count). The first kappa shape index (κ1) is 21.6. The summed E-state index contributed by atoms with van der Waals surface area (Å²) in [5.74, 6) is 0.738. The molecule has 1 N–H and O–H groups in total. The van der Waals surface area contributed by atoms with E-state index >= 15 is 0 Å². The Labute approximate surface area is 182 Å². The molecule has 9 heteroatoms. The summed E-state index contributed by atoms with van der Waals surface area (Å²) < 4.78 is 38.7. The maximum Gasteiger partial charge on any atom is 0.317 e. The van der Waals surface area contributed by atoms with Gasteiger partial charge < -0.3 is 19.7 Å². The summed E-state index contributed by atoms with van der Waals surface area (Å²) in [6.45, 7) is 3.46. The zero-order chi connectivity index (χ0) is 22.0. The lowest BCUT2D eigenvalue weighted by molar-refractivity contribution is -0.111. The molecule has 2 fully saturated rings. The van der Waals surface area contributed by atoms with Crippen molar-refractivity contribution in [2.24, 2.45) is 0 Å². The number of nitrogens with one attached hydrogen (secondary N) is 1. The Kier molecular flexibility index (Phi) is 6.17. The third-order valence-electron chi connectivity index (χ3n) is 5.57. The Hall–Kier alpha value is -2.62. The van der Waals surface area contributed by atoms with Crippen LogP contribution in [0, 0.1) is 6.92 Å².